The Labute approximate surface area is 175 Å². The average molecular weight is 549 g/mol. The van der Waals surface area contributed by atoms with Gasteiger partial charge in [0.1, 0.15) is 0 Å². The van der Waals surface area contributed by atoms with Crippen molar-refractivity contribution in [2.75, 3.05) is 13.1 Å². The van der Waals surface area contributed by atoms with Crippen LogP contribution >= 0.6 is 0 Å². The molecule has 1 N–H and O–H groups in total. The molecule has 0 bridgehead atoms. The van der Waals surface area contributed by atoms with Gasteiger partial charge in [-0.15, -0.1) is 0 Å². The molecule has 4 nitrogen and oxygen atoms in total. The first-order chi connectivity index (χ1) is 12.5. The Kier molecular flexibility index (Phi) is 5.76. The van der Waals surface area contributed by atoms with Gasteiger partial charge in [-0.2, -0.15) is 0 Å². The molecule has 6 unspecified atom stereocenters. The van der Waals surface area contributed by atoms with Gasteiger partial charge < -0.3 is 0 Å². The summed E-state index contributed by atoms with van der Waals surface area (Å²) < 4.78 is 6.52. The summed E-state index contributed by atoms with van der Waals surface area (Å²) >= 11 is 0.364. The second-order valence-corrected chi connectivity index (χ2v) is 10.8. The molecule has 2 heterocycles. The van der Waals surface area contributed by atoms with Crippen LogP contribution < -0.4 is 0 Å². The molecule has 4 aliphatic rings. The Hall–Kier alpha value is 0.325. The molecule has 5 heteroatoms. The van der Waals surface area contributed by atoms with E-state index in [9.17, 15) is 4.79 Å². The van der Waals surface area contributed by atoms with Crippen molar-refractivity contribution in [3.63, 3.8) is 0 Å². The number of carbonyl (C=O) groups is 1. The molecule has 0 aromatic rings. The Morgan fingerprint density at radius 2 is 2.00 bits per heavy atom. The fourth-order valence-corrected chi connectivity index (χ4v) is 9.97. The van der Waals surface area contributed by atoms with Crippen molar-refractivity contribution in [3.8, 4) is 0 Å². The van der Waals surface area contributed by atoms with Gasteiger partial charge in [0, 0.05) is 0 Å². The van der Waals surface area contributed by atoms with E-state index in [1.165, 1.54) is 64.5 Å². The van der Waals surface area contributed by atoms with Crippen LogP contribution in [0.1, 0.15) is 77.6 Å². The van der Waals surface area contributed by atoms with E-state index in [4.69, 9.17) is 7.75 Å². The molecule has 2 aliphatic heterocycles. The molecule has 6 atom stereocenters. The summed E-state index contributed by atoms with van der Waals surface area (Å²) in [6.45, 7) is 5.17. The molecule has 0 amide bonds. The van der Waals surface area contributed by atoms with Crippen molar-refractivity contribution < 1.29 is 39.1 Å². The molecule has 26 heavy (non-hydrogen) atoms. The number of rotatable bonds is 5. The first-order valence-corrected chi connectivity index (χ1v) is 13.2. The first-order valence-electron chi connectivity index (χ1n) is 10.9. The Bertz CT molecular complexity index is 543. The molecule has 0 aromatic heterocycles. The van der Waals surface area contributed by atoms with Gasteiger partial charge in [-0.05, 0) is 0 Å². The first kappa shape index (κ1) is 19.6. The predicted octanol–water partition coefficient (Wildman–Crippen LogP) is 4.16. The van der Waals surface area contributed by atoms with E-state index in [2.05, 4.69) is 11.8 Å². The number of carboxylic acid groups (broad SMARTS) is 1. The van der Waals surface area contributed by atoms with Gasteiger partial charge in [-0.3, -0.25) is 0 Å². The summed E-state index contributed by atoms with van der Waals surface area (Å²) in [5.74, 6) is 2.41. The zero-order valence-corrected chi connectivity index (χ0v) is 21.9. The van der Waals surface area contributed by atoms with Gasteiger partial charge in [0.2, 0.25) is 0 Å². The van der Waals surface area contributed by atoms with Crippen molar-refractivity contribution >= 4 is 5.97 Å². The van der Waals surface area contributed by atoms with E-state index in [-0.39, 0.29) is 5.60 Å². The maximum absolute atomic E-state index is 10.9. The second kappa shape index (κ2) is 7.63. The van der Waals surface area contributed by atoms with Crippen LogP contribution in [0.2, 0.25) is 0 Å². The van der Waals surface area contributed by atoms with Crippen LogP contribution in [0.4, 0.5) is 0 Å². The van der Waals surface area contributed by atoms with E-state index in [0.29, 0.717) is 44.5 Å². The zero-order valence-electron chi connectivity index (χ0n) is 16.4. The van der Waals surface area contributed by atoms with Crippen LogP contribution in [-0.4, -0.2) is 40.2 Å². The SMILES string of the molecule is CC12CCCCN1CCC1C3CCC(CCCC(=O)O)C3([O][Hg])CCC12. The van der Waals surface area contributed by atoms with Crippen LogP contribution in [-0.2, 0) is 34.0 Å². The van der Waals surface area contributed by atoms with Crippen LogP contribution in [0.3, 0.4) is 0 Å². The number of fused-ring (bicyclic) bond motifs is 5. The molecule has 4 fully saturated rings. The van der Waals surface area contributed by atoms with Gasteiger partial charge in [-0.1, -0.05) is 0 Å². The molecule has 2 aliphatic carbocycles. The number of piperidine rings is 2. The summed E-state index contributed by atoms with van der Waals surface area (Å²) in [4.78, 5) is 13.8. The van der Waals surface area contributed by atoms with E-state index in [0.717, 1.165) is 30.6 Å². The molecular formula is C21H34HgNO3. The van der Waals surface area contributed by atoms with Gasteiger partial charge in [0.25, 0.3) is 0 Å². The summed E-state index contributed by atoms with van der Waals surface area (Å²) in [7, 11) is 0. The minimum absolute atomic E-state index is 0.121. The van der Waals surface area contributed by atoms with E-state index in [1.54, 1.807) is 0 Å². The van der Waals surface area contributed by atoms with Crippen molar-refractivity contribution in [2.24, 2.45) is 23.7 Å². The fourth-order valence-electron chi connectivity index (χ4n) is 7.66. The van der Waals surface area contributed by atoms with Crippen molar-refractivity contribution in [1.82, 2.24) is 4.90 Å². The van der Waals surface area contributed by atoms with Crippen LogP contribution in [0.25, 0.3) is 0 Å². The maximum atomic E-state index is 10.9. The van der Waals surface area contributed by atoms with E-state index < -0.39 is 5.97 Å². The van der Waals surface area contributed by atoms with Crippen LogP contribution in [0, 0.1) is 23.7 Å². The third-order valence-electron chi connectivity index (χ3n) is 8.85. The molecule has 0 spiro atoms. The minimum atomic E-state index is -0.648. The second-order valence-electron chi connectivity index (χ2n) is 9.67. The number of hydrogen-bond donors (Lipinski definition) is 1. The average Bonchev–Trinajstić information content (AvgIpc) is 3.00. The van der Waals surface area contributed by atoms with Gasteiger partial charge in [0.15, 0.2) is 0 Å². The summed E-state index contributed by atoms with van der Waals surface area (Å²) in [5.41, 5.74) is 0.556. The quantitative estimate of drug-likeness (QED) is 0.524. The molecule has 2 saturated heterocycles. The Morgan fingerprint density at radius 1 is 1.15 bits per heavy atom. The van der Waals surface area contributed by atoms with Crippen LogP contribution in [0.5, 0.6) is 0 Å². The molecule has 0 aromatic carbocycles. The standard InChI is InChI=1S/C21H34NO3.Hg/c1-20-11-2-3-13-22(20)14-10-16-17(20)9-12-21(25)15(7-8-18(16)21)5-4-6-19(23)24;/h15-18H,2-14H2,1H3,(H,23,24);/q-1;+1. The third-order valence-corrected chi connectivity index (χ3v) is 10.9. The number of nitrogens with zero attached hydrogens (tertiary/aromatic N) is 1. The van der Waals surface area contributed by atoms with Crippen LogP contribution in [0.15, 0.2) is 0 Å². The third kappa shape index (κ3) is 3.10. The number of hydrogen-bond acceptors (Lipinski definition) is 3. The van der Waals surface area contributed by atoms with Crippen molar-refractivity contribution in [3.05, 3.63) is 0 Å². The molecular weight excluding hydrogens is 515 g/mol. The number of carboxylic acids is 1. The zero-order chi connectivity index (χ0) is 18.4. The van der Waals surface area contributed by atoms with Gasteiger partial charge in [-0.25, -0.2) is 0 Å². The Morgan fingerprint density at radius 3 is 2.77 bits per heavy atom. The summed E-state index contributed by atoms with van der Waals surface area (Å²) in [5, 5.41) is 9.01. The number of aliphatic carboxylic acids is 1. The normalized spacial score (nSPS) is 45.7. The topological polar surface area (TPSA) is 49.8 Å². The summed E-state index contributed by atoms with van der Waals surface area (Å²) in [6, 6.07) is 0. The van der Waals surface area contributed by atoms with Gasteiger partial charge >= 0.3 is 175 Å². The van der Waals surface area contributed by atoms with Crippen molar-refractivity contribution in [1.29, 1.82) is 0 Å². The van der Waals surface area contributed by atoms with E-state index in [1.807, 2.05) is 0 Å². The molecule has 143 valence electrons. The Balaban J connectivity index is 1.52. The fraction of sp³-hybridized carbons (Fsp3) is 0.952. The monoisotopic (exact) mass is 550 g/mol. The molecule has 2 saturated carbocycles. The predicted molar refractivity (Wildman–Crippen MR) is 96.2 cm³/mol. The molecule has 0 radical (unpaired) electrons. The van der Waals surface area contributed by atoms with Gasteiger partial charge in [0.05, 0.1) is 0 Å². The van der Waals surface area contributed by atoms with E-state index >= 15 is 0 Å². The van der Waals surface area contributed by atoms with Crippen molar-refractivity contribution in [2.45, 2.75) is 88.7 Å². The molecule has 4 rings (SSSR count). The summed E-state index contributed by atoms with van der Waals surface area (Å²) in [6.07, 6.45) is 12.9.